The van der Waals surface area contributed by atoms with Crippen molar-refractivity contribution in [1.29, 1.82) is 0 Å². The number of amides is 4. The van der Waals surface area contributed by atoms with Crippen LogP contribution in [-0.4, -0.2) is 40.9 Å². The molecule has 1 saturated heterocycles. The first kappa shape index (κ1) is 14.8. The lowest BCUT2D eigenvalue weighted by atomic mass is 9.86. The Bertz CT molecular complexity index is 433. The molecule has 4 amide bonds. The largest absolute Gasteiger partial charge is 0.352 e. The fourth-order valence-electron chi connectivity index (χ4n) is 2.89. The zero-order valence-electron chi connectivity index (χ0n) is 12.4. The van der Waals surface area contributed by atoms with E-state index in [1.807, 2.05) is 0 Å². The monoisotopic (exact) mass is 281 g/mol. The molecule has 0 aromatic heterocycles. The number of rotatable bonds is 3. The number of nitrogens with one attached hydrogen (secondary N) is 2. The van der Waals surface area contributed by atoms with Gasteiger partial charge >= 0.3 is 6.03 Å². The zero-order chi connectivity index (χ0) is 14.9. The molecule has 1 heterocycles. The van der Waals surface area contributed by atoms with Crippen LogP contribution in [0.25, 0.3) is 0 Å². The van der Waals surface area contributed by atoms with Gasteiger partial charge in [-0.3, -0.25) is 14.5 Å². The van der Waals surface area contributed by atoms with Crippen molar-refractivity contribution in [2.75, 3.05) is 6.54 Å². The summed E-state index contributed by atoms with van der Waals surface area (Å²) >= 11 is 0. The first-order chi connectivity index (χ1) is 9.31. The summed E-state index contributed by atoms with van der Waals surface area (Å²) < 4.78 is 0. The number of imide groups is 1. The summed E-state index contributed by atoms with van der Waals surface area (Å²) in [7, 11) is 0. The molecule has 2 fully saturated rings. The third kappa shape index (κ3) is 2.94. The molecule has 2 N–H and O–H groups in total. The summed E-state index contributed by atoms with van der Waals surface area (Å²) in [5.41, 5.74) is -0.921. The second kappa shape index (κ2) is 5.42. The Morgan fingerprint density at radius 1 is 1.35 bits per heavy atom. The van der Waals surface area contributed by atoms with E-state index in [1.54, 1.807) is 13.8 Å². The zero-order valence-corrected chi connectivity index (χ0v) is 12.4. The van der Waals surface area contributed by atoms with Crippen LogP contribution < -0.4 is 10.6 Å². The van der Waals surface area contributed by atoms with Crippen LogP contribution in [0.2, 0.25) is 0 Å². The Hall–Kier alpha value is -1.59. The Labute approximate surface area is 119 Å². The average Bonchev–Trinajstić information content (AvgIpc) is 2.55. The minimum Gasteiger partial charge on any atom is -0.352 e. The van der Waals surface area contributed by atoms with Gasteiger partial charge in [-0.15, -0.1) is 0 Å². The lowest BCUT2D eigenvalue weighted by Crippen LogP contribution is -2.47. The van der Waals surface area contributed by atoms with E-state index in [1.165, 1.54) is 6.42 Å². The second-order valence-corrected chi connectivity index (χ2v) is 6.38. The van der Waals surface area contributed by atoms with E-state index in [0.29, 0.717) is 5.92 Å². The predicted octanol–water partition coefficient (Wildman–Crippen LogP) is 1.01. The van der Waals surface area contributed by atoms with Gasteiger partial charge in [0.25, 0.3) is 5.91 Å². The minimum absolute atomic E-state index is 0.157. The van der Waals surface area contributed by atoms with E-state index in [-0.39, 0.29) is 24.4 Å². The van der Waals surface area contributed by atoms with E-state index >= 15 is 0 Å². The highest BCUT2D eigenvalue weighted by Gasteiger charge is 2.45. The number of carbonyl (C=O) groups is 3. The molecule has 1 aliphatic carbocycles. The lowest BCUT2D eigenvalue weighted by molar-refractivity contribution is -0.134. The highest BCUT2D eigenvalue weighted by Crippen LogP contribution is 2.23. The van der Waals surface area contributed by atoms with Crippen LogP contribution in [-0.2, 0) is 9.59 Å². The summed E-state index contributed by atoms with van der Waals surface area (Å²) in [4.78, 5) is 36.7. The van der Waals surface area contributed by atoms with Crippen LogP contribution in [0.1, 0.15) is 46.5 Å². The van der Waals surface area contributed by atoms with Crippen LogP contribution in [0.15, 0.2) is 0 Å². The molecule has 2 aliphatic rings. The quantitative estimate of drug-likeness (QED) is 0.758. The summed E-state index contributed by atoms with van der Waals surface area (Å²) in [6.07, 6.45) is 4.40. The van der Waals surface area contributed by atoms with Crippen molar-refractivity contribution < 1.29 is 14.4 Å². The molecule has 0 aromatic rings. The Morgan fingerprint density at radius 3 is 2.55 bits per heavy atom. The highest BCUT2D eigenvalue weighted by molar-refractivity contribution is 6.08. The normalized spacial score (nSPS) is 29.2. The summed E-state index contributed by atoms with van der Waals surface area (Å²) in [6, 6.07) is -0.336. The maximum Gasteiger partial charge on any atom is 0.325 e. The van der Waals surface area contributed by atoms with Crippen molar-refractivity contribution in [3.05, 3.63) is 0 Å². The van der Waals surface area contributed by atoms with Crippen LogP contribution in [0.5, 0.6) is 0 Å². The van der Waals surface area contributed by atoms with Gasteiger partial charge in [0.2, 0.25) is 5.91 Å². The molecule has 6 nitrogen and oxygen atoms in total. The molecule has 1 saturated carbocycles. The molecule has 0 spiro atoms. The van der Waals surface area contributed by atoms with Crippen LogP contribution >= 0.6 is 0 Å². The third-order valence-corrected chi connectivity index (χ3v) is 4.20. The van der Waals surface area contributed by atoms with Gasteiger partial charge in [0.15, 0.2) is 0 Å². The standard InChI is InChI=1S/C14H23N3O3/c1-9-6-4-5-7-10(9)15-11(18)8-17-12(19)14(2,3)16-13(17)20/h9-10H,4-8H2,1-3H3,(H,15,18)(H,16,20)/t9-,10+/m0/s1. The fraction of sp³-hybridized carbons (Fsp3) is 0.786. The SMILES string of the molecule is C[C@H]1CCCC[C@H]1NC(=O)CN1C(=O)NC(C)(C)C1=O. The van der Waals surface area contributed by atoms with Gasteiger partial charge in [-0.2, -0.15) is 0 Å². The summed E-state index contributed by atoms with van der Waals surface area (Å²) in [6.45, 7) is 5.20. The van der Waals surface area contributed by atoms with E-state index in [0.717, 1.165) is 24.2 Å². The number of carbonyl (C=O) groups excluding carboxylic acids is 3. The van der Waals surface area contributed by atoms with Gasteiger partial charge < -0.3 is 10.6 Å². The maximum absolute atomic E-state index is 12.0. The van der Waals surface area contributed by atoms with E-state index in [2.05, 4.69) is 17.6 Å². The molecule has 0 unspecified atom stereocenters. The van der Waals surface area contributed by atoms with E-state index in [4.69, 9.17) is 0 Å². The smallest absolute Gasteiger partial charge is 0.325 e. The highest BCUT2D eigenvalue weighted by atomic mass is 16.2. The van der Waals surface area contributed by atoms with Gasteiger partial charge in [-0.1, -0.05) is 19.8 Å². The fourth-order valence-corrected chi connectivity index (χ4v) is 2.89. The Kier molecular flexibility index (Phi) is 4.01. The molecule has 0 aromatic carbocycles. The molecule has 0 radical (unpaired) electrons. The topological polar surface area (TPSA) is 78.5 Å². The van der Waals surface area contributed by atoms with Crippen molar-refractivity contribution >= 4 is 17.8 Å². The van der Waals surface area contributed by atoms with Gasteiger partial charge in [0, 0.05) is 6.04 Å². The molecule has 20 heavy (non-hydrogen) atoms. The summed E-state index contributed by atoms with van der Waals surface area (Å²) in [5.74, 6) is -0.161. The Balaban J connectivity index is 1.91. The molecular formula is C14H23N3O3. The Morgan fingerprint density at radius 2 is 2.00 bits per heavy atom. The molecular weight excluding hydrogens is 258 g/mol. The van der Waals surface area contributed by atoms with Crippen LogP contribution in [0.4, 0.5) is 4.79 Å². The first-order valence-corrected chi connectivity index (χ1v) is 7.25. The number of hydrogen-bond acceptors (Lipinski definition) is 3. The van der Waals surface area contributed by atoms with Crippen LogP contribution in [0.3, 0.4) is 0 Å². The van der Waals surface area contributed by atoms with Crippen molar-refractivity contribution in [2.24, 2.45) is 5.92 Å². The molecule has 112 valence electrons. The summed E-state index contributed by atoms with van der Waals surface area (Å²) in [5, 5.41) is 5.52. The van der Waals surface area contributed by atoms with E-state index < -0.39 is 11.6 Å². The maximum atomic E-state index is 12.0. The third-order valence-electron chi connectivity index (χ3n) is 4.20. The number of urea groups is 1. The van der Waals surface area contributed by atoms with Crippen LogP contribution in [0, 0.1) is 5.92 Å². The molecule has 6 heteroatoms. The average molecular weight is 281 g/mol. The van der Waals surface area contributed by atoms with Gasteiger partial charge in [0.05, 0.1) is 0 Å². The van der Waals surface area contributed by atoms with Crippen molar-refractivity contribution in [1.82, 2.24) is 15.5 Å². The van der Waals surface area contributed by atoms with Crippen molar-refractivity contribution in [3.63, 3.8) is 0 Å². The van der Waals surface area contributed by atoms with E-state index in [9.17, 15) is 14.4 Å². The lowest BCUT2D eigenvalue weighted by Gasteiger charge is -2.30. The second-order valence-electron chi connectivity index (χ2n) is 6.38. The van der Waals surface area contributed by atoms with Gasteiger partial charge in [0.1, 0.15) is 12.1 Å². The van der Waals surface area contributed by atoms with Crippen molar-refractivity contribution in [3.8, 4) is 0 Å². The minimum atomic E-state index is -0.921. The molecule has 0 bridgehead atoms. The molecule has 2 rings (SSSR count). The van der Waals surface area contributed by atoms with Crippen molar-refractivity contribution in [2.45, 2.75) is 58.0 Å². The number of hydrogen-bond donors (Lipinski definition) is 2. The molecule has 1 aliphatic heterocycles. The van der Waals surface area contributed by atoms with Gasteiger partial charge in [-0.05, 0) is 32.6 Å². The van der Waals surface area contributed by atoms with Gasteiger partial charge in [-0.25, -0.2) is 4.79 Å². The predicted molar refractivity (Wildman–Crippen MR) is 73.9 cm³/mol. The molecule has 2 atom stereocenters. The first-order valence-electron chi connectivity index (χ1n) is 7.25. The number of nitrogens with zero attached hydrogens (tertiary/aromatic N) is 1.